The maximum Gasteiger partial charge on any atom is 0.307 e. The van der Waals surface area contributed by atoms with Crippen LogP contribution in [0.1, 0.15) is 174 Å². The van der Waals surface area contributed by atoms with Gasteiger partial charge in [-0.3, -0.25) is 9.59 Å². The average molecular weight is 549 g/mol. The van der Waals surface area contributed by atoms with Crippen LogP contribution < -0.4 is 0 Å². The van der Waals surface area contributed by atoms with Crippen LogP contribution in [0.3, 0.4) is 0 Å². The minimum absolute atomic E-state index is 0.0406. The van der Waals surface area contributed by atoms with Crippen molar-refractivity contribution >= 4 is 11.9 Å². The van der Waals surface area contributed by atoms with Crippen LogP contribution in [0.5, 0.6) is 0 Å². The van der Waals surface area contributed by atoms with Gasteiger partial charge in [0.2, 0.25) is 0 Å². The van der Waals surface area contributed by atoms with Gasteiger partial charge in [-0.2, -0.15) is 0 Å². The molecule has 0 rings (SSSR count). The minimum Gasteiger partial charge on any atom is -0.481 e. The van der Waals surface area contributed by atoms with Gasteiger partial charge in [0.25, 0.3) is 0 Å². The van der Waals surface area contributed by atoms with Gasteiger partial charge in [-0.05, 0) is 25.7 Å². The van der Waals surface area contributed by atoms with Gasteiger partial charge in [0.1, 0.15) is 6.61 Å². The summed E-state index contributed by atoms with van der Waals surface area (Å²) in [5.41, 5.74) is 0. The fraction of sp³-hybridized carbons (Fsp3) is 0.829. The number of allylic oxidation sites excluding steroid dienone is 2. The van der Waals surface area contributed by atoms with Gasteiger partial charge in [-0.25, -0.2) is 0 Å². The van der Waals surface area contributed by atoms with Crippen LogP contribution in [0.2, 0.25) is 0 Å². The molecule has 0 aliphatic carbocycles. The van der Waals surface area contributed by atoms with E-state index in [2.05, 4.69) is 25.7 Å². The number of carbonyl (C=O) groups is 2. The molecule has 0 aromatic heterocycles. The number of hydrogen-bond donors (Lipinski definition) is 1. The van der Waals surface area contributed by atoms with E-state index >= 15 is 0 Å². The zero-order valence-electron chi connectivity index (χ0n) is 25.8. The zero-order chi connectivity index (χ0) is 28.7. The Labute approximate surface area is 242 Å². The molecule has 0 aliphatic heterocycles. The van der Waals surface area contributed by atoms with E-state index in [4.69, 9.17) is 4.74 Å². The Balaban J connectivity index is 3.29. The molecular formula is C35H64O4. The van der Waals surface area contributed by atoms with Crippen molar-refractivity contribution in [2.75, 3.05) is 6.61 Å². The average Bonchev–Trinajstić information content (AvgIpc) is 2.93. The molecule has 0 radical (unpaired) electrons. The van der Waals surface area contributed by atoms with E-state index in [1.165, 1.54) is 141 Å². The molecule has 1 atom stereocenters. The Morgan fingerprint density at radius 1 is 0.641 bits per heavy atom. The van der Waals surface area contributed by atoms with Gasteiger partial charge >= 0.3 is 11.9 Å². The van der Waals surface area contributed by atoms with Crippen molar-refractivity contribution in [3.63, 3.8) is 0 Å². The third-order valence-electron chi connectivity index (χ3n) is 7.69. The number of hydrogen-bond acceptors (Lipinski definition) is 3. The van der Waals surface area contributed by atoms with Crippen molar-refractivity contribution < 1.29 is 19.4 Å². The molecule has 0 aliphatic rings. The standard InChI is InChI=1S/C35H64O4/c1-3-5-6-7-8-9-10-11-12-13-14-15-16-17-18-19-20-21-22-23-24-25-26-27-28-29-30-33(35(37)38)32-34(36)39-31-4-2/h4,7-8,33H,2-3,5-6,9-32H2,1H3,(H,37,38)/b8-7+. The number of carbonyl (C=O) groups excluding carboxylic acids is 1. The van der Waals surface area contributed by atoms with Gasteiger partial charge in [0, 0.05) is 0 Å². The first-order chi connectivity index (χ1) is 19.1. The highest BCUT2D eigenvalue weighted by atomic mass is 16.5. The molecule has 0 heterocycles. The number of unbranched alkanes of at least 4 members (excludes halogenated alkanes) is 22. The minimum atomic E-state index is -0.900. The van der Waals surface area contributed by atoms with Crippen molar-refractivity contribution in [2.24, 2.45) is 5.92 Å². The number of carboxylic acids is 1. The van der Waals surface area contributed by atoms with Gasteiger partial charge in [0.15, 0.2) is 0 Å². The largest absolute Gasteiger partial charge is 0.481 e. The quantitative estimate of drug-likeness (QED) is 0.0531. The Kier molecular flexibility index (Phi) is 29.7. The van der Waals surface area contributed by atoms with E-state index in [0.29, 0.717) is 6.42 Å². The van der Waals surface area contributed by atoms with E-state index in [1.807, 2.05) is 0 Å². The topological polar surface area (TPSA) is 63.6 Å². The molecule has 0 bridgehead atoms. The third kappa shape index (κ3) is 29.2. The molecular weight excluding hydrogens is 484 g/mol. The second kappa shape index (κ2) is 31.0. The van der Waals surface area contributed by atoms with Crippen molar-refractivity contribution in [2.45, 2.75) is 174 Å². The molecule has 1 N–H and O–H groups in total. The van der Waals surface area contributed by atoms with Crippen molar-refractivity contribution in [3.8, 4) is 0 Å². The van der Waals surface area contributed by atoms with Gasteiger partial charge in [-0.15, -0.1) is 0 Å². The molecule has 39 heavy (non-hydrogen) atoms. The molecule has 0 spiro atoms. The highest BCUT2D eigenvalue weighted by Crippen LogP contribution is 2.18. The Bertz CT molecular complexity index is 583. The number of rotatable bonds is 31. The van der Waals surface area contributed by atoms with Crippen LogP contribution in [0.15, 0.2) is 24.8 Å². The lowest BCUT2D eigenvalue weighted by atomic mass is 9.97. The number of esters is 1. The first-order valence-electron chi connectivity index (χ1n) is 16.8. The molecule has 4 nitrogen and oxygen atoms in total. The number of aliphatic carboxylic acids is 1. The fourth-order valence-corrected chi connectivity index (χ4v) is 5.12. The predicted octanol–water partition coefficient (Wildman–Crippen LogP) is 11.1. The molecule has 0 saturated carbocycles. The van der Waals surface area contributed by atoms with Gasteiger partial charge in [0.05, 0.1) is 12.3 Å². The summed E-state index contributed by atoms with van der Waals surface area (Å²) in [5, 5.41) is 9.31. The van der Waals surface area contributed by atoms with Crippen LogP contribution in [-0.4, -0.2) is 23.7 Å². The molecule has 0 saturated heterocycles. The van der Waals surface area contributed by atoms with E-state index in [9.17, 15) is 14.7 Å². The van der Waals surface area contributed by atoms with Crippen LogP contribution in [0.4, 0.5) is 0 Å². The number of carboxylic acid groups (broad SMARTS) is 1. The zero-order valence-corrected chi connectivity index (χ0v) is 25.8. The summed E-state index contributed by atoms with van der Waals surface area (Å²) in [6, 6.07) is 0. The number of ether oxygens (including phenoxy) is 1. The lowest BCUT2D eigenvalue weighted by Gasteiger charge is -2.11. The van der Waals surface area contributed by atoms with Crippen LogP contribution in [-0.2, 0) is 14.3 Å². The summed E-state index contributed by atoms with van der Waals surface area (Å²) in [4.78, 5) is 23.0. The van der Waals surface area contributed by atoms with Crippen LogP contribution >= 0.6 is 0 Å². The van der Waals surface area contributed by atoms with E-state index in [1.54, 1.807) is 0 Å². The maximum atomic E-state index is 11.6. The maximum absolute atomic E-state index is 11.6. The fourth-order valence-electron chi connectivity index (χ4n) is 5.12. The van der Waals surface area contributed by atoms with Crippen LogP contribution in [0.25, 0.3) is 0 Å². The molecule has 4 heteroatoms. The summed E-state index contributed by atoms with van der Waals surface area (Å²) >= 11 is 0. The van der Waals surface area contributed by atoms with E-state index in [0.717, 1.165) is 19.3 Å². The second-order valence-corrected chi connectivity index (χ2v) is 11.5. The third-order valence-corrected chi connectivity index (χ3v) is 7.69. The molecule has 228 valence electrons. The molecule has 0 amide bonds. The summed E-state index contributed by atoms with van der Waals surface area (Å²) in [6.07, 6.45) is 38.5. The van der Waals surface area contributed by atoms with Crippen molar-refractivity contribution in [3.05, 3.63) is 24.8 Å². The predicted molar refractivity (Wildman–Crippen MR) is 167 cm³/mol. The Morgan fingerprint density at radius 2 is 1.03 bits per heavy atom. The second-order valence-electron chi connectivity index (χ2n) is 11.5. The first kappa shape index (κ1) is 37.4. The highest BCUT2D eigenvalue weighted by Gasteiger charge is 2.21. The molecule has 0 aromatic carbocycles. The summed E-state index contributed by atoms with van der Waals surface area (Å²) in [6.45, 7) is 5.89. The van der Waals surface area contributed by atoms with Gasteiger partial charge in [-0.1, -0.05) is 167 Å². The molecule has 0 fully saturated rings. The lowest BCUT2D eigenvalue weighted by molar-refractivity contribution is -0.151. The summed E-state index contributed by atoms with van der Waals surface area (Å²) in [5.74, 6) is -1.98. The summed E-state index contributed by atoms with van der Waals surface area (Å²) in [7, 11) is 0. The normalized spacial score (nSPS) is 12.1. The Morgan fingerprint density at radius 3 is 1.41 bits per heavy atom. The van der Waals surface area contributed by atoms with E-state index < -0.39 is 17.9 Å². The molecule has 1 unspecified atom stereocenters. The SMILES string of the molecule is C=CCOC(=O)CC(CCCCCCCCCCCCCCCCCCCCCC/C=C/CCCC)C(=O)O. The molecule has 0 aromatic rings. The van der Waals surface area contributed by atoms with Crippen molar-refractivity contribution in [1.82, 2.24) is 0 Å². The summed E-state index contributed by atoms with van der Waals surface area (Å²) < 4.78 is 4.91. The van der Waals surface area contributed by atoms with Gasteiger partial charge < -0.3 is 9.84 Å². The van der Waals surface area contributed by atoms with Crippen molar-refractivity contribution in [1.29, 1.82) is 0 Å². The first-order valence-corrected chi connectivity index (χ1v) is 16.8. The van der Waals surface area contributed by atoms with Crippen LogP contribution in [0, 0.1) is 5.92 Å². The smallest absolute Gasteiger partial charge is 0.307 e. The highest BCUT2D eigenvalue weighted by molar-refractivity contribution is 5.78. The lowest BCUT2D eigenvalue weighted by Crippen LogP contribution is -2.19. The Hall–Kier alpha value is -1.58. The van der Waals surface area contributed by atoms with E-state index in [-0.39, 0.29) is 13.0 Å². The monoisotopic (exact) mass is 548 g/mol.